The first-order valence-corrected chi connectivity index (χ1v) is 5.31. The normalized spacial score (nSPS) is 11.6. The molecule has 0 aliphatic rings. The van der Waals surface area contributed by atoms with E-state index in [1.54, 1.807) is 6.26 Å². The highest BCUT2D eigenvalue weighted by Crippen LogP contribution is 2.19. The van der Waals surface area contributed by atoms with E-state index in [4.69, 9.17) is 4.42 Å². The molecule has 2 heteroatoms. The number of hydrogen-bond acceptors (Lipinski definition) is 2. The smallest absolute Gasteiger partial charge is 0.104 e. The topological polar surface area (TPSA) is 33.4 Å². The molecular weight excluding hydrogens is 200 g/mol. The highest BCUT2D eigenvalue weighted by atomic mass is 16.3. The summed E-state index contributed by atoms with van der Waals surface area (Å²) in [6.45, 7) is 0. The van der Waals surface area contributed by atoms with Crippen molar-refractivity contribution in [2.24, 2.45) is 0 Å². The monoisotopic (exact) mass is 214 g/mol. The molecule has 0 aliphatic heterocycles. The van der Waals surface area contributed by atoms with Gasteiger partial charge in [0.2, 0.25) is 0 Å². The first-order valence-electron chi connectivity index (χ1n) is 5.31. The van der Waals surface area contributed by atoms with Crippen LogP contribution in [0.1, 0.15) is 17.7 Å². The first kappa shape index (κ1) is 10.6. The van der Waals surface area contributed by atoms with E-state index in [9.17, 15) is 5.11 Å². The Kier molecular flexibility index (Phi) is 3.44. The van der Waals surface area contributed by atoms with E-state index >= 15 is 0 Å². The first-order chi connectivity index (χ1) is 7.90. The van der Waals surface area contributed by atoms with E-state index in [2.05, 4.69) is 0 Å². The fourth-order valence-corrected chi connectivity index (χ4v) is 1.65. The molecule has 0 fully saturated rings. The molecular formula is C14H14O2. The molecule has 0 saturated carbocycles. The molecule has 0 saturated heterocycles. The summed E-state index contributed by atoms with van der Waals surface area (Å²) in [6, 6.07) is 13.7. The van der Waals surface area contributed by atoms with E-state index in [1.807, 2.05) is 42.5 Å². The molecule has 2 nitrogen and oxygen atoms in total. The zero-order valence-electron chi connectivity index (χ0n) is 8.97. The van der Waals surface area contributed by atoms with Crippen molar-refractivity contribution in [3.63, 3.8) is 0 Å². The maximum Gasteiger partial charge on any atom is 0.104 e. The van der Waals surface area contributed by atoms with Crippen molar-refractivity contribution in [2.45, 2.75) is 12.8 Å². The van der Waals surface area contributed by atoms with Crippen molar-refractivity contribution in [1.82, 2.24) is 0 Å². The van der Waals surface area contributed by atoms with Crippen LogP contribution >= 0.6 is 0 Å². The summed E-state index contributed by atoms with van der Waals surface area (Å²) in [5.41, 5.74) is 1.98. The predicted octanol–water partition coefficient (Wildman–Crippen LogP) is 3.81. The Hall–Kier alpha value is -1.96. The molecule has 0 amide bonds. The summed E-state index contributed by atoms with van der Waals surface area (Å²) >= 11 is 0. The molecule has 1 aromatic carbocycles. The Balaban J connectivity index is 2.03. The van der Waals surface area contributed by atoms with Crippen molar-refractivity contribution in [3.05, 3.63) is 66.3 Å². The maximum atomic E-state index is 9.22. The van der Waals surface area contributed by atoms with Crippen LogP contribution in [-0.2, 0) is 6.42 Å². The van der Waals surface area contributed by atoms with Crippen LogP contribution in [0.15, 0.2) is 59.4 Å². The number of benzene rings is 1. The molecule has 0 radical (unpaired) electrons. The third-order valence-electron chi connectivity index (χ3n) is 2.52. The third-order valence-corrected chi connectivity index (χ3v) is 2.52. The number of aliphatic hydroxyl groups is 1. The lowest BCUT2D eigenvalue weighted by Gasteiger charge is -2.04. The second-order valence-electron chi connectivity index (χ2n) is 3.60. The fourth-order valence-electron chi connectivity index (χ4n) is 1.65. The van der Waals surface area contributed by atoms with Crippen molar-refractivity contribution >= 4 is 5.57 Å². The summed E-state index contributed by atoms with van der Waals surface area (Å²) in [4.78, 5) is 0. The van der Waals surface area contributed by atoms with E-state index in [-0.39, 0.29) is 0 Å². The van der Waals surface area contributed by atoms with Crippen LogP contribution < -0.4 is 0 Å². The summed E-state index contributed by atoms with van der Waals surface area (Å²) in [5, 5.41) is 9.22. The Morgan fingerprint density at radius 1 is 1.12 bits per heavy atom. The second kappa shape index (κ2) is 5.21. The summed E-state index contributed by atoms with van der Waals surface area (Å²) in [5.74, 6) is 0.940. The maximum absolute atomic E-state index is 9.22. The third kappa shape index (κ3) is 2.54. The van der Waals surface area contributed by atoms with Gasteiger partial charge >= 0.3 is 0 Å². The molecule has 16 heavy (non-hydrogen) atoms. The lowest BCUT2D eigenvalue weighted by molar-refractivity contribution is 0.472. The van der Waals surface area contributed by atoms with Gasteiger partial charge in [0.05, 0.1) is 12.5 Å². The van der Waals surface area contributed by atoms with Gasteiger partial charge in [-0.1, -0.05) is 30.3 Å². The van der Waals surface area contributed by atoms with Gasteiger partial charge in [0.1, 0.15) is 5.76 Å². The van der Waals surface area contributed by atoms with Crippen LogP contribution in [0.4, 0.5) is 0 Å². The molecule has 0 bridgehead atoms. The number of allylic oxidation sites excluding steroid dienone is 1. The van der Waals surface area contributed by atoms with E-state index in [0.29, 0.717) is 0 Å². The minimum absolute atomic E-state index is 0.772. The van der Waals surface area contributed by atoms with Gasteiger partial charge in [-0.2, -0.15) is 0 Å². The predicted molar refractivity (Wildman–Crippen MR) is 64.1 cm³/mol. The number of aliphatic hydroxyl groups excluding tert-OH is 1. The van der Waals surface area contributed by atoms with E-state index in [1.165, 1.54) is 6.26 Å². The van der Waals surface area contributed by atoms with Gasteiger partial charge in [-0.05, 0) is 29.7 Å². The lowest BCUT2D eigenvalue weighted by atomic mass is 10.0. The zero-order chi connectivity index (χ0) is 11.2. The van der Waals surface area contributed by atoms with Crippen LogP contribution in [0.5, 0.6) is 0 Å². The minimum atomic E-state index is 0.772. The molecule has 2 rings (SSSR count). The molecule has 0 atom stereocenters. The van der Waals surface area contributed by atoms with E-state index in [0.717, 1.165) is 29.7 Å². The van der Waals surface area contributed by atoms with Gasteiger partial charge in [-0.3, -0.25) is 0 Å². The van der Waals surface area contributed by atoms with Crippen LogP contribution in [0, 0.1) is 0 Å². The molecule has 2 aromatic rings. The minimum Gasteiger partial charge on any atom is -0.515 e. The molecule has 1 aromatic heterocycles. The van der Waals surface area contributed by atoms with Crippen LogP contribution in [0.25, 0.3) is 5.57 Å². The van der Waals surface area contributed by atoms with Crippen LogP contribution in [0.3, 0.4) is 0 Å². The Morgan fingerprint density at radius 2 is 1.94 bits per heavy atom. The second-order valence-corrected chi connectivity index (χ2v) is 3.60. The molecule has 0 aliphatic carbocycles. The Labute approximate surface area is 94.8 Å². The standard InChI is InChI=1S/C14H14O2/c15-11-13(12-5-2-1-3-6-12)8-9-14-7-4-10-16-14/h1-7,10-11,15H,8-9H2. The van der Waals surface area contributed by atoms with Crippen LogP contribution in [0.2, 0.25) is 0 Å². The van der Waals surface area contributed by atoms with Crippen molar-refractivity contribution in [1.29, 1.82) is 0 Å². The zero-order valence-corrected chi connectivity index (χ0v) is 8.97. The van der Waals surface area contributed by atoms with Crippen molar-refractivity contribution in [3.8, 4) is 0 Å². The van der Waals surface area contributed by atoms with Gasteiger partial charge in [0.25, 0.3) is 0 Å². The fraction of sp³-hybridized carbons (Fsp3) is 0.143. The molecule has 1 heterocycles. The Morgan fingerprint density at radius 3 is 2.56 bits per heavy atom. The lowest BCUT2D eigenvalue weighted by Crippen LogP contribution is -1.88. The summed E-state index contributed by atoms with van der Waals surface area (Å²) < 4.78 is 5.26. The average molecular weight is 214 g/mol. The summed E-state index contributed by atoms with van der Waals surface area (Å²) in [7, 11) is 0. The molecule has 0 spiro atoms. The molecule has 82 valence electrons. The number of aryl methyl sites for hydroxylation is 1. The van der Waals surface area contributed by atoms with Crippen molar-refractivity contribution in [2.75, 3.05) is 0 Å². The Bertz CT molecular complexity index is 441. The van der Waals surface area contributed by atoms with Crippen LogP contribution in [-0.4, -0.2) is 5.11 Å². The number of furan rings is 1. The van der Waals surface area contributed by atoms with Gasteiger partial charge in [-0.25, -0.2) is 0 Å². The van der Waals surface area contributed by atoms with Crippen molar-refractivity contribution < 1.29 is 9.52 Å². The molecule has 1 N–H and O–H groups in total. The summed E-state index contributed by atoms with van der Waals surface area (Å²) in [6.07, 6.45) is 4.42. The van der Waals surface area contributed by atoms with Gasteiger partial charge < -0.3 is 9.52 Å². The number of hydrogen-bond donors (Lipinski definition) is 1. The SMILES string of the molecule is OC=C(CCc1ccco1)c1ccccc1. The van der Waals surface area contributed by atoms with Gasteiger partial charge in [-0.15, -0.1) is 0 Å². The quantitative estimate of drug-likeness (QED) is 0.785. The largest absolute Gasteiger partial charge is 0.515 e. The van der Waals surface area contributed by atoms with Gasteiger partial charge in [0.15, 0.2) is 0 Å². The van der Waals surface area contributed by atoms with E-state index < -0.39 is 0 Å². The molecule has 0 unspecified atom stereocenters. The average Bonchev–Trinajstić information content (AvgIpc) is 2.84. The highest BCUT2D eigenvalue weighted by Gasteiger charge is 2.03. The highest BCUT2D eigenvalue weighted by molar-refractivity contribution is 5.64. The van der Waals surface area contributed by atoms with Gasteiger partial charge in [0, 0.05) is 6.42 Å². The number of rotatable bonds is 4.